The number of sulfonamides is 1. The molecule has 0 radical (unpaired) electrons. The first kappa shape index (κ1) is 28.3. The van der Waals surface area contributed by atoms with Gasteiger partial charge in [-0.15, -0.1) is 0 Å². The predicted molar refractivity (Wildman–Crippen MR) is 140 cm³/mol. The van der Waals surface area contributed by atoms with Gasteiger partial charge in [0.2, 0.25) is 0 Å². The van der Waals surface area contributed by atoms with Gasteiger partial charge in [-0.1, -0.05) is 35.9 Å². The summed E-state index contributed by atoms with van der Waals surface area (Å²) in [6, 6.07) is 13.8. The number of fused-ring (bicyclic) bond motifs is 1. The number of rotatable bonds is 9. The van der Waals surface area contributed by atoms with Crippen LogP contribution in [0.5, 0.6) is 11.5 Å². The summed E-state index contributed by atoms with van der Waals surface area (Å²) in [7, 11) is -3.06. The molecule has 3 aromatic rings. The smallest absolute Gasteiger partial charge is 0.387 e. The SMILES string of the molecule is COC(=O)CC[C@H]1CN(S(=O)(=O)c2cccc(OC(F)F)c2)c2cc(/C=C/c3c(F)cccc3Cl)ccc2O1. The number of ether oxygens (including phenoxy) is 3. The number of hydrogen-bond donors (Lipinski definition) is 0. The Labute approximate surface area is 228 Å². The van der Waals surface area contributed by atoms with Gasteiger partial charge in [0.25, 0.3) is 10.0 Å². The van der Waals surface area contributed by atoms with E-state index in [4.69, 9.17) is 16.3 Å². The molecule has 0 unspecified atom stereocenters. The van der Waals surface area contributed by atoms with E-state index in [9.17, 15) is 26.4 Å². The molecule has 0 bridgehead atoms. The van der Waals surface area contributed by atoms with E-state index in [1.54, 1.807) is 24.3 Å². The van der Waals surface area contributed by atoms with Crippen molar-refractivity contribution in [3.8, 4) is 11.5 Å². The van der Waals surface area contributed by atoms with Gasteiger partial charge in [0, 0.05) is 18.1 Å². The topological polar surface area (TPSA) is 82.1 Å². The molecule has 39 heavy (non-hydrogen) atoms. The fourth-order valence-electron chi connectivity index (χ4n) is 3.98. The van der Waals surface area contributed by atoms with Crippen LogP contribution >= 0.6 is 11.6 Å². The third-order valence-corrected chi connectivity index (χ3v) is 7.98. The van der Waals surface area contributed by atoms with E-state index in [1.807, 2.05) is 0 Å². The number of halogens is 4. The van der Waals surface area contributed by atoms with Crippen LogP contribution in [0.25, 0.3) is 12.2 Å². The average Bonchev–Trinajstić information content (AvgIpc) is 2.90. The minimum absolute atomic E-state index is 0.00762. The van der Waals surface area contributed by atoms with Crippen LogP contribution in [0.1, 0.15) is 24.0 Å². The third-order valence-electron chi connectivity index (χ3n) is 5.87. The van der Waals surface area contributed by atoms with Crippen molar-refractivity contribution in [1.29, 1.82) is 0 Å². The zero-order valence-electron chi connectivity index (χ0n) is 20.5. The fraction of sp³-hybridized carbons (Fsp3) is 0.222. The first-order valence-electron chi connectivity index (χ1n) is 11.7. The Morgan fingerprint density at radius 2 is 1.92 bits per heavy atom. The Morgan fingerprint density at radius 1 is 1.15 bits per heavy atom. The number of carbonyl (C=O) groups is 1. The maximum atomic E-state index is 14.2. The van der Waals surface area contributed by atoms with E-state index in [0.717, 1.165) is 10.4 Å². The number of anilines is 1. The molecule has 1 atom stereocenters. The molecule has 4 rings (SSSR count). The maximum Gasteiger partial charge on any atom is 0.387 e. The van der Waals surface area contributed by atoms with Crippen LogP contribution in [0.15, 0.2) is 65.6 Å². The summed E-state index contributed by atoms with van der Waals surface area (Å²) in [5.74, 6) is -1.10. The fourth-order valence-corrected chi connectivity index (χ4v) is 5.74. The van der Waals surface area contributed by atoms with Crippen LogP contribution in [0.2, 0.25) is 5.02 Å². The van der Waals surface area contributed by atoms with Gasteiger partial charge < -0.3 is 14.2 Å². The minimum atomic E-state index is -4.30. The van der Waals surface area contributed by atoms with Crippen LogP contribution in [0.3, 0.4) is 0 Å². The highest BCUT2D eigenvalue weighted by molar-refractivity contribution is 7.92. The van der Waals surface area contributed by atoms with Crippen molar-refractivity contribution < 1.29 is 40.6 Å². The van der Waals surface area contributed by atoms with Crippen LogP contribution in [-0.2, 0) is 19.6 Å². The number of nitrogens with zero attached hydrogens (tertiary/aromatic N) is 1. The van der Waals surface area contributed by atoms with Crippen molar-refractivity contribution in [3.05, 3.63) is 82.6 Å². The Bertz CT molecular complexity index is 1480. The number of hydrogen-bond acceptors (Lipinski definition) is 6. The van der Waals surface area contributed by atoms with Gasteiger partial charge in [-0.05, 0) is 54.5 Å². The molecule has 1 aliphatic rings. The van der Waals surface area contributed by atoms with Crippen molar-refractivity contribution >= 4 is 45.4 Å². The highest BCUT2D eigenvalue weighted by atomic mass is 35.5. The van der Waals surface area contributed by atoms with E-state index in [2.05, 4.69) is 9.47 Å². The van der Waals surface area contributed by atoms with Gasteiger partial charge in [0.15, 0.2) is 0 Å². The Balaban J connectivity index is 1.73. The molecular formula is C27H23ClF3NO6S. The molecule has 1 aliphatic heterocycles. The Kier molecular flexibility index (Phi) is 8.71. The standard InChI is InChI=1S/C27H23ClF3NO6S/c1-36-26(33)13-10-19-16-32(39(34,35)20-5-2-4-18(15-20)38-27(30)31)24-14-17(9-12-25(24)37-19)8-11-21-22(28)6-3-7-23(21)29/h2-9,11-12,14-15,19,27H,10,13,16H2,1H3/b11-8+/t19-/m0/s1. The maximum absolute atomic E-state index is 14.2. The van der Waals surface area contributed by atoms with Crippen LogP contribution in [0.4, 0.5) is 18.9 Å². The molecule has 12 heteroatoms. The Hall–Kier alpha value is -3.70. The zero-order chi connectivity index (χ0) is 28.2. The van der Waals surface area contributed by atoms with Gasteiger partial charge in [-0.2, -0.15) is 8.78 Å². The number of methoxy groups -OCH3 is 1. The number of benzene rings is 3. The van der Waals surface area contributed by atoms with Crippen LogP contribution < -0.4 is 13.8 Å². The second-order valence-electron chi connectivity index (χ2n) is 8.44. The lowest BCUT2D eigenvalue weighted by Gasteiger charge is -2.35. The lowest BCUT2D eigenvalue weighted by Crippen LogP contribution is -2.43. The largest absolute Gasteiger partial charge is 0.486 e. The molecule has 0 saturated heterocycles. The summed E-state index contributed by atoms with van der Waals surface area (Å²) in [4.78, 5) is 11.4. The number of alkyl halides is 2. The lowest BCUT2D eigenvalue weighted by atomic mass is 10.1. The number of carbonyl (C=O) groups excluding carboxylic acids is 1. The summed E-state index contributed by atoms with van der Waals surface area (Å²) in [6.45, 7) is -3.30. The highest BCUT2D eigenvalue weighted by Crippen LogP contribution is 2.39. The van der Waals surface area contributed by atoms with Gasteiger partial charge in [-0.3, -0.25) is 9.10 Å². The second-order valence-corrected chi connectivity index (χ2v) is 10.7. The average molecular weight is 582 g/mol. The molecule has 0 aromatic heterocycles. The molecule has 0 aliphatic carbocycles. The van der Waals surface area contributed by atoms with E-state index in [0.29, 0.717) is 5.56 Å². The molecule has 0 fully saturated rings. The van der Waals surface area contributed by atoms with Crippen molar-refractivity contribution in [3.63, 3.8) is 0 Å². The first-order valence-corrected chi connectivity index (χ1v) is 13.5. The summed E-state index contributed by atoms with van der Waals surface area (Å²) in [5, 5.41) is 0.205. The monoisotopic (exact) mass is 581 g/mol. The van der Waals surface area contributed by atoms with Crippen molar-refractivity contribution in [2.75, 3.05) is 18.0 Å². The summed E-state index contributed by atoms with van der Waals surface area (Å²) in [5.41, 5.74) is 0.849. The molecule has 0 amide bonds. The van der Waals surface area contributed by atoms with E-state index < -0.39 is 34.5 Å². The number of esters is 1. The minimum Gasteiger partial charge on any atom is -0.486 e. The van der Waals surface area contributed by atoms with E-state index in [1.165, 1.54) is 49.6 Å². The van der Waals surface area contributed by atoms with Gasteiger partial charge >= 0.3 is 12.6 Å². The Morgan fingerprint density at radius 3 is 2.64 bits per heavy atom. The van der Waals surface area contributed by atoms with E-state index >= 15 is 0 Å². The van der Waals surface area contributed by atoms with Crippen molar-refractivity contribution in [1.82, 2.24) is 0 Å². The molecule has 206 valence electrons. The molecule has 0 N–H and O–H groups in total. The van der Waals surface area contributed by atoms with Crippen LogP contribution in [-0.4, -0.2) is 40.8 Å². The third kappa shape index (κ3) is 6.66. The van der Waals surface area contributed by atoms with Crippen molar-refractivity contribution in [2.24, 2.45) is 0 Å². The van der Waals surface area contributed by atoms with Gasteiger partial charge in [0.05, 0.1) is 29.3 Å². The van der Waals surface area contributed by atoms with E-state index in [-0.39, 0.29) is 52.1 Å². The normalized spacial score (nSPS) is 15.2. The summed E-state index contributed by atoms with van der Waals surface area (Å²) < 4.78 is 83.3. The molecule has 7 nitrogen and oxygen atoms in total. The molecule has 3 aromatic carbocycles. The zero-order valence-corrected chi connectivity index (χ0v) is 22.1. The first-order chi connectivity index (χ1) is 18.6. The second kappa shape index (κ2) is 12.0. The molecule has 1 heterocycles. The predicted octanol–water partition coefficient (Wildman–Crippen LogP) is 6.16. The summed E-state index contributed by atoms with van der Waals surface area (Å²) in [6.07, 6.45) is 2.49. The molecule has 0 spiro atoms. The van der Waals surface area contributed by atoms with Gasteiger partial charge in [0.1, 0.15) is 23.4 Å². The van der Waals surface area contributed by atoms with Crippen LogP contribution in [0, 0.1) is 5.82 Å². The van der Waals surface area contributed by atoms with Crippen molar-refractivity contribution in [2.45, 2.75) is 30.5 Å². The highest BCUT2D eigenvalue weighted by Gasteiger charge is 2.35. The molecular weight excluding hydrogens is 559 g/mol. The van der Waals surface area contributed by atoms with Gasteiger partial charge in [-0.25, -0.2) is 12.8 Å². The summed E-state index contributed by atoms with van der Waals surface area (Å²) >= 11 is 6.10. The quantitative estimate of drug-likeness (QED) is 0.222. The molecule has 0 saturated carbocycles. The lowest BCUT2D eigenvalue weighted by molar-refractivity contribution is -0.141.